The molecule has 2 aliphatic rings. The highest BCUT2D eigenvalue weighted by Crippen LogP contribution is 2.31. The van der Waals surface area contributed by atoms with E-state index in [9.17, 15) is 4.79 Å². The van der Waals surface area contributed by atoms with Crippen LogP contribution in [0.1, 0.15) is 42.6 Å². The maximum Gasteiger partial charge on any atom is 0.251 e. The van der Waals surface area contributed by atoms with Crippen molar-refractivity contribution in [1.29, 1.82) is 0 Å². The van der Waals surface area contributed by atoms with E-state index in [1.54, 1.807) is 0 Å². The average molecular weight is 274 g/mol. The van der Waals surface area contributed by atoms with Crippen molar-refractivity contribution in [2.45, 2.75) is 45.4 Å². The molecule has 1 heterocycles. The van der Waals surface area contributed by atoms with Gasteiger partial charge in [0.1, 0.15) is 11.9 Å². The molecule has 2 unspecified atom stereocenters. The molecule has 0 radical (unpaired) electrons. The third-order valence-electron chi connectivity index (χ3n) is 4.51. The molecule has 1 aliphatic heterocycles. The van der Waals surface area contributed by atoms with Crippen LogP contribution in [0.25, 0.3) is 0 Å². The summed E-state index contributed by atoms with van der Waals surface area (Å²) in [4.78, 5) is 14.0. The van der Waals surface area contributed by atoms with Gasteiger partial charge in [0.05, 0.1) is 0 Å². The second-order valence-corrected chi connectivity index (χ2v) is 5.52. The Balaban J connectivity index is 1.68. The van der Waals surface area contributed by atoms with Crippen molar-refractivity contribution in [2.75, 3.05) is 13.1 Å². The van der Waals surface area contributed by atoms with Crippen molar-refractivity contribution >= 4 is 5.91 Å². The number of rotatable bonds is 5. The van der Waals surface area contributed by atoms with Crippen molar-refractivity contribution in [3.8, 4) is 5.75 Å². The molecule has 1 N–H and O–H groups in total. The lowest BCUT2D eigenvalue weighted by Crippen LogP contribution is -2.53. The first kappa shape index (κ1) is 13.4. The minimum Gasteiger partial charge on any atom is -0.489 e. The van der Waals surface area contributed by atoms with Crippen LogP contribution < -0.4 is 10.1 Å². The van der Waals surface area contributed by atoms with Gasteiger partial charge in [0.25, 0.3) is 5.91 Å². The van der Waals surface area contributed by atoms with E-state index in [-0.39, 0.29) is 12.0 Å². The fraction of sp³-hybridized carbons (Fsp3) is 0.562. The maximum absolute atomic E-state index is 11.5. The maximum atomic E-state index is 11.5. The van der Waals surface area contributed by atoms with E-state index in [1.807, 2.05) is 18.2 Å². The zero-order valence-electron chi connectivity index (χ0n) is 12.2. The van der Waals surface area contributed by atoms with E-state index in [1.165, 1.54) is 6.42 Å². The smallest absolute Gasteiger partial charge is 0.251 e. The molecular weight excluding hydrogens is 252 g/mol. The summed E-state index contributed by atoms with van der Waals surface area (Å²) in [6, 6.07) is 6.34. The highest BCUT2D eigenvalue weighted by Gasteiger charge is 2.36. The van der Waals surface area contributed by atoms with Gasteiger partial charge >= 0.3 is 0 Å². The Hall–Kier alpha value is -1.55. The second-order valence-electron chi connectivity index (χ2n) is 5.52. The van der Waals surface area contributed by atoms with Gasteiger partial charge in [-0.15, -0.1) is 0 Å². The van der Waals surface area contributed by atoms with Gasteiger partial charge in [-0.25, -0.2) is 0 Å². The lowest BCUT2D eigenvalue weighted by Gasteiger charge is -2.43. The molecule has 20 heavy (non-hydrogen) atoms. The van der Waals surface area contributed by atoms with Crippen molar-refractivity contribution in [2.24, 2.45) is 0 Å². The van der Waals surface area contributed by atoms with Crippen molar-refractivity contribution in [3.05, 3.63) is 29.3 Å². The number of amides is 1. The molecular formula is C16H22N2O2. The number of likely N-dealkylation sites (N-methyl/N-ethyl adjacent to an activating group) is 1. The summed E-state index contributed by atoms with van der Waals surface area (Å²) >= 11 is 0. The first-order valence-electron chi connectivity index (χ1n) is 7.54. The van der Waals surface area contributed by atoms with Gasteiger partial charge in [0.15, 0.2) is 0 Å². The predicted molar refractivity (Wildman–Crippen MR) is 78.0 cm³/mol. The standard InChI is InChI=1S/C16H22N2O2/c1-3-18(4-2)14-7-8-15(14)20-12-5-6-13-11(9-12)10-17-16(13)19/h5-6,9,14-15H,3-4,7-8,10H2,1-2H3,(H,17,19). The van der Waals surface area contributed by atoms with Crippen molar-refractivity contribution in [1.82, 2.24) is 10.2 Å². The third-order valence-corrected chi connectivity index (χ3v) is 4.51. The average Bonchev–Trinajstić information content (AvgIpc) is 2.81. The number of benzene rings is 1. The van der Waals surface area contributed by atoms with Crippen LogP contribution in [0.3, 0.4) is 0 Å². The van der Waals surface area contributed by atoms with Crippen LogP contribution in [0.15, 0.2) is 18.2 Å². The van der Waals surface area contributed by atoms with Crippen molar-refractivity contribution in [3.63, 3.8) is 0 Å². The Bertz CT molecular complexity index is 511. The summed E-state index contributed by atoms with van der Waals surface area (Å²) in [6.07, 6.45) is 2.63. The van der Waals surface area contributed by atoms with Gasteiger partial charge in [0.2, 0.25) is 0 Å². The minimum atomic E-state index is 0.0243. The van der Waals surface area contributed by atoms with E-state index < -0.39 is 0 Å². The molecule has 2 atom stereocenters. The summed E-state index contributed by atoms with van der Waals surface area (Å²) in [5.41, 5.74) is 1.83. The zero-order valence-corrected chi connectivity index (χ0v) is 12.2. The first-order chi connectivity index (χ1) is 9.72. The van der Waals surface area contributed by atoms with Crippen LogP contribution in [0.2, 0.25) is 0 Å². The molecule has 0 spiro atoms. The number of nitrogens with one attached hydrogen (secondary N) is 1. The lowest BCUT2D eigenvalue weighted by atomic mass is 9.87. The molecule has 1 aromatic carbocycles. The molecule has 3 rings (SSSR count). The molecule has 1 amide bonds. The van der Waals surface area contributed by atoms with Gasteiger partial charge in [-0.3, -0.25) is 9.69 Å². The van der Waals surface area contributed by atoms with Crippen LogP contribution in [0.5, 0.6) is 5.75 Å². The number of fused-ring (bicyclic) bond motifs is 1. The Kier molecular flexibility index (Phi) is 3.66. The monoisotopic (exact) mass is 274 g/mol. The Labute approximate surface area is 120 Å². The molecule has 1 aromatic rings. The lowest BCUT2D eigenvalue weighted by molar-refractivity contribution is 0.000217. The third kappa shape index (κ3) is 2.29. The Morgan fingerprint density at radius 1 is 1.30 bits per heavy atom. The summed E-state index contributed by atoms with van der Waals surface area (Å²) in [6.45, 7) is 7.17. The van der Waals surface area contributed by atoms with Crippen LogP contribution in [-0.4, -0.2) is 36.0 Å². The minimum absolute atomic E-state index is 0.0243. The zero-order chi connectivity index (χ0) is 14.1. The highest BCUT2D eigenvalue weighted by molar-refractivity contribution is 5.98. The molecule has 0 saturated heterocycles. The molecule has 1 fully saturated rings. The number of hydrogen-bond donors (Lipinski definition) is 1. The quantitative estimate of drug-likeness (QED) is 0.895. The van der Waals surface area contributed by atoms with Gasteiger partial charge in [-0.05, 0) is 49.7 Å². The first-order valence-corrected chi connectivity index (χ1v) is 7.54. The molecule has 0 aromatic heterocycles. The van der Waals surface area contributed by atoms with Crippen LogP contribution in [-0.2, 0) is 6.54 Å². The number of ether oxygens (including phenoxy) is 1. The molecule has 108 valence electrons. The van der Waals surface area contributed by atoms with Crippen molar-refractivity contribution < 1.29 is 9.53 Å². The van der Waals surface area contributed by atoms with E-state index in [0.717, 1.165) is 36.4 Å². The Morgan fingerprint density at radius 3 is 2.75 bits per heavy atom. The fourth-order valence-corrected chi connectivity index (χ4v) is 3.16. The summed E-state index contributed by atoms with van der Waals surface area (Å²) in [7, 11) is 0. The number of carbonyl (C=O) groups is 1. The fourth-order valence-electron chi connectivity index (χ4n) is 3.16. The van der Waals surface area contributed by atoms with Gasteiger partial charge in [0, 0.05) is 18.2 Å². The molecule has 4 heteroatoms. The summed E-state index contributed by atoms with van der Waals surface area (Å²) < 4.78 is 6.13. The normalized spacial score (nSPS) is 24.2. The highest BCUT2D eigenvalue weighted by atomic mass is 16.5. The van der Waals surface area contributed by atoms with E-state index in [4.69, 9.17) is 4.74 Å². The second kappa shape index (κ2) is 5.44. The molecule has 4 nitrogen and oxygen atoms in total. The molecule has 1 saturated carbocycles. The SMILES string of the molecule is CCN(CC)C1CCC1Oc1ccc2c(c1)CNC2=O. The van der Waals surface area contributed by atoms with Crippen LogP contribution in [0.4, 0.5) is 0 Å². The Morgan fingerprint density at radius 2 is 2.10 bits per heavy atom. The van der Waals surface area contributed by atoms with E-state index >= 15 is 0 Å². The predicted octanol–water partition coefficient (Wildman–Crippen LogP) is 2.18. The van der Waals surface area contributed by atoms with Gasteiger partial charge in [-0.2, -0.15) is 0 Å². The number of hydrogen-bond acceptors (Lipinski definition) is 3. The molecule has 1 aliphatic carbocycles. The largest absolute Gasteiger partial charge is 0.489 e. The van der Waals surface area contributed by atoms with E-state index in [0.29, 0.717) is 12.6 Å². The summed E-state index contributed by atoms with van der Waals surface area (Å²) in [5, 5.41) is 2.84. The van der Waals surface area contributed by atoms with Crippen LogP contribution in [0, 0.1) is 0 Å². The number of nitrogens with zero attached hydrogens (tertiary/aromatic N) is 1. The van der Waals surface area contributed by atoms with Gasteiger partial charge < -0.3 is 10.1 Å². The van der Waals surface area contributed by atoms with Gasteiger partial charge in [-0.1, -0.05) is 13.8 Å². The summed E-state index contributed by atoms with van der Waals surface area (Å²) in [5.74, 6) is 0.915. The topological polar surface area (TPSA) is 41.6 Å². The van der Waals surface area contributed by atoms with Crippen LogP contribution >= 0.6 is 0 Å². The number of carbonyl (C=O) groups excluding carboxylic acids is 1. The van der Waals surface area contributed by atoms with E-state index in [2.05, 4.69) is 24.1 Å². The molecule has 0 bridgehead atoms.